The number of benzene rings is 1. The van der Waals surface area contributed by atoms with Gasteiger partial charge in [-0.05, 0) is 38.1 Å². The minimum atomic E-state index is -3.55. The van der Waals surface area contributed by atoms with Crippen molar-refractivity contribution in [3.63, 3.8) is 0 Å². The van der Waals surface area contributed by atoms with Gasteiger partial charge < -0.3 is 4.74 Å². The molecule has 2 aromatic rings. The molecule has 0 N–H and O–H groups in total. The van der Waals surface area contributed by atoms with E-state index in [0.717, 1.165) is 17.0 Å². The van der Waals surface area contributed by atoms with Crippen molar-refractivity contribution in [2.75, 3.05) is 14.2 Å². The van der Waals surface area contributed by atoms with Crippen LogP contribution in [0.5, 0.6) is 5.75 Å². The van der Waals surface area contributed by atoms with Gasteiger partial charge in [0.15, 0.2) is 0 Å². The van der Waals surface area contributed by atoms with Gasteiger partial charge in [-0.25, -0.2) is 8.42 Å². The third-order valence-electron chi connectivity index (χ3n) is 3.81. The van der Waals surface area contributed by atoms with E-state index in [0.29, 0.717) is 12.3 Å². The van der Waals surface area contributed by atoms with Crippen LogP contribution in [-0.4, -0.2) is 36.7 Å². The van der Waals surface area contributed by atoms with Crippen molar-refractivity contribution in [1.29, 1.82) is 0 Å². The van der Waals surface area contributed by atoms with E-state index < -0.39 is 10.0 Å². The van der Waals surface area contributed by atoms with E-state index in [9.17, 15) is 8.42 Å². The minimum Gasteiger partial charge on any atom is -0.497 e. The summed E-state index contributed by atoms with van der Waals surface area (Å²) in [6.45, 7) is 4.11. The van der Waals surface area contributed by atoms with Crippen LogP contribution >= 0.6 is 0 Å². The summed E-state index contributed by atoms with van der Waals surface area (Å²) in [6, 6.07) is 6.38. The average molecular weight is 323 g/mol. The third kappa shape index (κ3) is 3.00. The highest BCUT2D eigenvalue weighted by Crippen LogP contribution is 2.22. The number of aromatic nitrogens is 2. The molecule has 22 heavy (non-hydrogen) atoms. The second kappa shape index (κ2) is 6.10. The van der Waals surface area contributed by atoms with Gasteiger partial charge in [0.2, 0.25) is 10.0 Å². The summed E-state index contributed by atoms with van der Waals surface area (Å²) in [4.78, 5) is 0.245. The summed E-state index contributed by atoms with van der Waals surface area (Å²) < 4.78 is 33.4. The van der Waals surface area contributed by atoms with Crippen LogP contribution in [0.1, 0.15) is 17.0 Å². The Labute approximate surface area is 131 Å². The lowest BCUT2D eigenvalue weighted by molar-refractivity contribution is 0.414. The molecule has 0 saturated carbocycles. The molecule has 6 nitrogen and oxygen atoms in total. The maximum atomic E-state index is 12.6. The number of methoxy groups -OCH3 is 1. The molecule has 0 atom stereocenters. The summed E-state index contributed by atoms with van der Waals surface area (Å²) in [6.07, 6.45) is 0. The van der Waals surface area contributed by atoms with Crippen molar-refractivity contribution in [1.82, 2.24) is 14.1 Å². The molecule has 7 heteroatoms. The van der Waals surface area contributed by atoms with Crippen molar-refractivity contribution in [2.24, 2.45) is 7.05 Å². The molecular formula is C15H21N3O3S. The van der Waals surface area contributed by atoms with E-state index in [1.807, 2.05) is 20.9 Å². The second-order valence-corrected chi connectivity index (χ2v) is 7.25. The summed E-state index contributed by atoms with van der Waals surface area (Å²) in [5.41, 5.74) is 2.74. The number of hydrogen-bond acceptors (Lipinski definition) is 4. The number of ether oxygens (including phenoxy) is 1. The van der Waals surface area contributed by atoms with Crippen molar-refractivity contribution < 1.29 is 13.2 Å². The maximum Gasteiger partial charge on any atom is 0.243 e. The van der Waals surface area contributed by atoms with E-state index in [1.165, 1.54) is 4.31 Å². The zero-order valence-electron chi connectivity index (χ0n) is 13.5. The molecule has 2 rings (SSSR count). The Bertz CT molecular complexity index is 764. The molecule has 0 unspecified atom stereocenters. The average Bonchev–Trinajstić information content (AvgIpc) is 2.73. The normalized spacial score (nSPS) is 11.9. The van der Waals surface area contributed by atoms with Crippen LogP contribution in [0, 0.1) is 13.8 Å². The van der Waals surface area contributed by atoms with Crippen molar-refractivity contribution >= 4 is 10.0 Å². The summed E-state index contributed by atoms with van der Waals surface area (Å²) in [5, 5.41) is 4.32. The smallest absolute Gasteiger partial charge is 0.243 e. The molecule has 1 aromatic carbocycles. The first kappa shape index (κ1) is 16.5. The monoisotopic (exact) mass is 323 g/mol. The fraction of sp³-hybridized carbons (Fsp3) is 0.400. The van der Waals surface area contributed by atoms with Crippen LogP contribution in [0.15, 0.2) is 29.2 Å². The molecule has 0 amide bonds. The largest absolute Gasteiger partial charge is 0.497 e. The van der Waals surface area contributed by atoms with E-state index in [-0.39, 0.29) is 4.90 Å². The van der Waals surface area contributed by atoms with Gasteiger partial charge in [-0.3, -0.25) is 4.68 Å². The first-order valence-electron chi connectivity index (χ1n) is 6.87. The van der Waals surface area contributed by atoms with Crippen molar-refractivity contribution in [2.45, 2.75) is 25.3 Å². The Hall–Kier alpha value is -1.86. The Morgan fingerprint density at radius 2 is 1.82 bits per heavy atom. The molecule has 0 spiro atoms. The second-order valence-electron chi connectivity index (χ2n) is 5.21. The van der Waals surface area contributed by atoms with Crippen LogP contribution < -0.4 is 4.74 Å². The van der Waals surface area contributed by atoms with Crippen LogP contribution in [0.3, 0.4) is 0 Å². The molecule has 0 aliphatic carbocycles. The number of aryl methyl sites for hydroxylation is 2. The van der Waals surface area contributed by atoms with Gasteiger partial charge >= 0.3 is 0 Å². The van der Waals surface area contributed by atoms with E-state index in [2.05, 4.69) is 5.10 Å². The summed E-state index contributed by atoms with van der Waals surface area (Å²) in [5.74, 6) is 0.626. The van der Waals surface area contributed by atoms with Gasteiger partial charge in [0, 0.05) is 31.9 Å². The molecule has 0 fully saturated rings. The van der Waals surface area contributed by atoms with Crippen molar-refractivity contribution in [3.05, 3.63) is 41.2 Å². The van der Waals surface area contributed by atoms with E-state index in [4.69, 9.17) is 4.74 Å². The summed E-state index contributed by atoms with van der Waals surface area (Å²) in [7, 11) is 1.43. The van der Waals surface area contributed by atoms with E-state index in [1.54, 1.807) is 43.1 Å². The number of hydrogen-bond donors (Lipinski definition) is 0. The Morgan fingerprint density at radius 3 is 2.27 bits per heavy atom. The van der Waals surface area contributed by atoms with Crippen LogP contribution in [0.4, 0.5) is 0 Å². The first-order chi connectivity index (χ1) is 10.3. The lowest BCUT2D eigenvalue weighted by atomic mass is 10.2. The lowest BCUT2D eigenvalue weighted by Gasteiger charge is -2.17. The highest BCUT2D eigenvalue weighted by atomic mass is 32.2. The SMILES string of the molecule is COc1ccc(S(=O)(=O)N(C)Cc2c(C)nn(C)c2C)cc1. The molecule has 1 aromatic heterocycles. The third-order valence-corrected chi connectivity index (χ3v) is 5.62. The fourth-order valence-corrected chi connectivity index (χ4v) is 3.42. The van der Waals surface area contributed by atoms with E-state index >= 15 is 0 Å². The predicted octanol–water partition coefficient (Wildman–Crippen LogP) is 1.87. The highest BCUT2D eigenvalue weighted by Gasteiger charge is 2.23. The first-order valence-corrected chi connectivity index (χ1v) is 8.31. The maximum absolute atomic E-state index is 12.6. The summed E-state index contributed by atoms with van der Waals surface area (Å²) >= 11 is 0. The van der Waals surface area contributed by atoms with Gasteiger partial charge in [-0.2, -0.15) is 9.40 Å². The van der Waals surface area contributed by atoms with Crippen LogP contribution in [0.2, 0.25) is 0 Å². The van der Waals surface area contributed by atoms with Gasteiger partial charge in [0.05, 0.1) is 17.7 Å². The quantitative estimate of drug-likeness (QED) is 0.842. The number of sulfonamides is 1. The fourth-order valence-electron chi connectivity index (χ4n) is 2.28. The highest BCUT2D eigenvalue weighted by molar-refractivity contribution is 7.89. The van der Waals surface area contributed by atoms with Crippen molar-refractivity contribution in [3.8, 4) is 5.75 Å². The number of rotatable bonds is 5. The van der Waals surface area contributed by atoms with Crippen LogP contribution in [0.25, 0.3) is 0 Å². The van der Waals surface area contributed by atoms with Gasteiger partial charge in [0.25, 0.3) is 0 Å². The minimum absolute atomic E-state index is 0.245. The van der Waals surface area contributed by atoms with Gasteiger partial charge in [0.1, 0.15) is 5.75 Å². The standard InChI is InChI=1S/C15H21N3O3S/c1-11-15(12(2)18(4)16-11)10-17(3)22(19,20)14-8-6-13(21-5)7-9-14/h6-9H,10H2,1-5H3. The number of nitrogens with zero attached hydrogens (tertiary/aromatic N) is 3. The topological polar surface area (TPSA) is 64.4 Å². The Balaban J connectivity index is 2.28. The van der Waals surface area contributed by atoms with Gasteiger partial charge in [-0.15, -0.1) is 0 Å². The zero-order chi connectivity index (χ0) is 16.5. The lowest BCUT2D eigenvalue weighted by Crippen LogP contribution is -2.27. The molecule has 1 heterocycles. The molecule has 0 saturated heterocycles. The predicted molar refractivity (Wildman–Crippen MR) is 84.3 cm³/mol. The zero-order valence-corrected chi connectivity index (χ0v) is 14.3. The van der Waals surface area contributed by atoms with Gasteiger partial charge in [-0.1, -0.05) is 0 Å². The Kier molecular flexibility index (Phi) is 4.58. The molecule has 120 valence electrons. The molecule has 0 radical (unpaired) electrons. The molecule has 0 aliphatic heterocycles. The Morgan fingerprint density at radius 1 is 1.23 bits per heavy atom. The van der Waals surface area contributed by atoms with Crippen LogP contribution in [-0.2, 0) is 23.6 Å². The molecular weight excluding hydrogens is 302 g/mol. The molecule has 0 aliphatic rings. The molecule has 0 bridgehead atoms.